The number of carbonyl (C=O) groups excluding carboxylic acids is 1. The van der Waals surface area contributed by atoms with Gasteiger partial charge in [0, 0.05) is 35.4 Å². The lowest BCUT2D eigenvalue weighted by molar-refractivity contribution is -0.136. The van der Waals surface area contributed by atoms with Crippen LogP contribution < -0.4 is 11.1 Å². The Kier molecular flexibility index (Phi) is 10.4. The Bertz CT molecular complexity index is 473. The number of likely N-dealkylation sites (tertiary alicyclic amines) is 1. The average molecular weight is 416 g/mol. The smallest absolute Gasteiger partial charge is 0.333 e. The molecule has 2 fully saturated rings. The molecule has 2 unspecified atom stereocenters. The Morgan fingerprint density at radius 2 is 2.00 bits per heavy atom. The number of nitrogens with two attached hydrogens (primary N) is 1. The molecule has 2 aliphatic rings. The first-order valence-electron chi connectivity index (χ1n) is 9.15. The summed E-state index contributed by atoms with van der Waals surface area (Å²) < 4.78 is 5.11. The van der Waals surface area contributed by atoms with Gasteiger partial charge in [0.15, 0.2) is 0 Å². The van der Waals surface area contributed by atoms with Gasteiger partial charge in [-0.25, -0.2) is 4.79 Å². The van der Waals surface area contributed by atoms with Gasteiger partial charge in [-0.2, -0.15) is 0 Å². The number of halogens is 1. The molecule has 6 heteroatoms. The van der Waals surface area contributed by atoms with Crippen LogP contribution in [-0.4, -0.2) is 50.7 Å². The van der Waals surface area contributed by atoms with E-state index in [1.165, 1.54) is 58.6 Å². The SMILES string of the molecule is CNCC1CN(C2CCCC2)CC1C.COC(=O)/C(C)=C/C(Br)=C\N. The van der Waals surface area contributed by atoms with Crippen molar-refractivity contribution in [3.05, 3.63) is 22.3 Å². The molecule has 0 spiro atoms. The topological polar surface area (TPSA) is 67.6 Å². The standard InChI is InChI=1S/C12H24N2.C7H10BrNO2/c1-10-8-14(9-11(10)7-13-2)12-5-3-4-6-12;1-5(7(10)11-2)3-6(8)4-9/h10-13H,3-9H2,1-2H3;3-4H,9H2,1-2H3/b;5-3+,6-4+. The van der Waals surface area contributed by atoms with Crippen LogP contribution in [0, 0.1) is 11.8 Å². The molecule has 0 bridgehead atoms. The summed E-state index contributed by atoms with van der Waals surface area (Å²) in [5, 5.41) is 3.32. The summed E-state index contributed by atoms with van der Waals surface area (Å²) in [6.07, 6.45) is 8.79. The fourth-order valence-corrected chi connectivity index (χ4v) is 3.99. The summed E-state index contributed by atoms with van der Waals surface area (Å²) in [5.74, 6) is 1.42. The molecule has 0 amide bonds. The van der Waals surface area contributed by atoms with Crippen LogP contribution in [0.1, 0.15) is 39.5 Å². The molecule has 0 aromatic carbocycles. The Morgan fingerprint density at radius 1 is 1.36 bits per heavy atom. The van der Waals surface area contributed by atoms with Crippen molar-refractivity contribution >= 4 is 21.9 Å². The van der Waals surface area contributed by atoms with E-state index < -0.39 is 0 Å². The minimum absolute atomic E-state index is 0.358. The van der Waals surface area contributed by atoms with E-state index in [-0.39, 0.29) is 5.97 Å². The minimum atomic E-state index is -0.358. The largest absolute Gasteiger partial charge is 0.466 e. The van der Waals surface area contributed by atoms with E-state index in [4.69, 9.17) is 5.73 Å². The van der Waals surface area contributed by atoms with E-state index in [2.05, 4.69) is 44.9 Å². The van der Waals surface area contributed by atoms with Gasteiger partial charge in [0.1, 0.15) is 0 Å². The molecule has 144 valence electrons. The second kappa shape index (κ2) is 11.7. The summed E-state index contributed by atoms with van der Waals surface area (Å²) in [5.41, 5.74) is 5.66. The second-order valence-corrected chi connectivity index (χ2v) is 7.97. The number of nitrogens with one attached hydrogen (secondary N) is 1. The third-order valence-corrected chi connectivity index (χ3v) is 5.62. The highest BCUT2D eigenvalue weighted by Gasteiger charge is 2.33. The highest BCUT2D eigenvalue weighted by molar-refractivity contribution is 9.11. The lowest BCUT2D eigenvalue weighted by atomic mass is 9.98. The number of allylic oxidation sites excluding steroid dienone is 2. The van der Waals surface area contributed by atoms with E-state index in [1.807, 2.05) is 0 Å². The molecule has 1 saturated carbocycles. The van der Waals surface area contributed by atoms with E-state index >= 15 is 0 Å². The molecule has 5 nitrogen and oxygen atoms in total. The van der Waals surface area contributed by atoms with E-state index in [0.29, 0.717) is 10.1 Å². The molecule has 1 saturated heterocycles. The molecule has 1 heterocycles. The van der Waals surface area contributed by atoms with Crippen LogP contribution in [0.4, 0.5) is 0 Å². The van der Waals surface area contributed by atoms with Crippen LogP contribution in [0.15, 0.2) is 22.3 Å². The molecule has 1 aliphatic heterocycles. The van der Waals surface area contributed by atoms with Crippen molar-refractivity contribution in [2.75, 3.05) is 33.8 Å². The van der Waals surface area contributed by atoms with Gasteiger partial charge in [0.25, 0.3) is 0 Å². The van der Waals surface area contributed by atoms with Gasteiger partial charge >= 0.3 is 5.97 Å². The Hall–Kier alpha value is -0.850. The molecule has 2 atom stereocenters. The van der Waals surface area contributed by atoms with Crippen molar-refractivity contribution in [2.24, 2.45) is 17.6 Å². The third kappa shape index (κ3) is 7.50. The Morgan fingerprint density at radius 3 is 2.52 bits per heavy atom. The molecule has 1 aliphatic carbocycles. The predicted octanol–water partition coefficient (Wildman–Crippen LogP) is 3.02. The van der Waals surface area contributed by atoms with E-state index in [9.17, 15) is 4.79 Å². The number of ether oxygens (including phenoxy) is 1. The van der Waals surface area contributed by atoms with Gasteiger partial charge < -0.3 is 15.8 Å². The number of hydrogen-bond donors (Lipinski definition) is 2. The van der Waals surface area contributed by atoms with Crippen molar-refractivity contribution in [2.45, 2.75) is 45.6 Å². The van der Waals surface area contributed by atoms with Crippen molar-refractivity contribution in [3.63, 3.8) is 0 Å². The van der Waals surface area contributed by atoms with Crippen LogP contribution in [0.5, 0.6) is 0 Å². The molecular weight excluding hydrogens is 382 g/mol. The molecule has 0 radical (unpaired) electrons. The first-order chi connectivity index (χ1) is 11.9. The van der Waals surface area contributed by atoms with Crippen LogP contribution in [0.25, 0.3) is 0 Å². The highest BCUT2D eigenvalue weighted by atomic mass is 79.9. The molecule has 25 heavy (non-hydrogen) atoms. The van der Waals surface area contributed by atoms with Crippen LogP contribution >= 0.6 is 15.9 Å². The van der Waals surface area contributed by atoms with Gasteiger partial charge in [-0.1, -0.05) is 19.8 Å². The third-order valence-electron chi connectivity index (χ3n) is 5.12. The zero-order chi connectivity index (χ0) is 18.8. The van der Waals surface area contributed by atoms with E-state index in [0.717, 1.165) is 17.9 Å². The van der Waals surface area contributed by atoms with Crippen LogP contribution in [-0.2, 0) is 9.53 Å². The monoisotopic (exact) mass is 415 g/mol. The molecular formula is C19H34BrN3O2. The van der Waals surface area contributed by atoms with Crippen LogP contribution in [0.3, 0.4) is 0 Å². The fourth-order valence-electron chi connectivity index (χ4n) is 3.65. The quantitative estimate of drug-likeness (QED) is 0.410. The zero-order valence-corrected chi connectivity index (χ0v) is 17.6. The first kappa shape index (κ1) is 22.2. The number of nitrogens with zero attached hydrogens (tertiary/aromatic N) is 1. The second-order valence-electron chi connectivity index (χ2n) is 7.06. The van der Waals surface area contributed by atoms with Gasteiger partial charge in [-0.15, -0.1) is 0 Å². The van der Waals surface area contributed by atoms with Crippen molar-refractivity contribution in [1.82, 2.24) is 10.2 Å². The van der Waals surface area contributed by atoms with Gasteiger partial charge in [-0.3, -0.25) is 4.90 Å². The number of rotatable bonds is 5. The Balaban J connectivity index is 0.000000260. The number of carbonyl (C=O) groups is 1. The van der Waals surface area contributed by atoms with Gasteiger partial charge in [0.2, 0.25) is 0 Å². The van der Waals surface area contributed by atoms with Gasteiger partial charge in [0.05, 0.1) is 7.11 Å². The number of methoxy groups -OCH3 is 1. The molecule has 2 rings (SSSR count). The summed E-state index contributed by atoms with van der Waals surface area (Å²) in [6.45, 7) is 7.95. The fraction of sp³-hybridized carbons (Fsp3) is 0.737. The first-order valence-corrected chi connectivity index (χ1v) is 9.94. The number of hydrogen-bond acceptors (Lipinski definition) is 5. The molecule has 0 aromatic rings. The number of esters is 1. The summed E-state index contributed by atoms with van der Waals surface area (Å²) in [7, 11) is 3.41. The maximum absolute atomic E-state index is 10.8. The summed E-state index contributed by atoms with van der Waals surface area (Å²) in [6, 6.07) is 0.930. The molecule has 0 aromatic heterocycles. The van der Waals surface area contributed by atoms with Crippen molar-refractivity contribution in [1.29, 1.82) is 0 Å². The van der Waals surface area contributed by atoms with Crippen LogP contribution in [0.2, 0.25) is 0 Å². The highest BCUT2D eigenvalue weighted by Crippen LogP contribution is 2.30. The maximum atomic E-state index is 10.8. The van der Waals surface area contributed by atoms with Gasteiger partial charge in [-0.05, 0) is 67.2 Å². The zero-order valence-electron chi connectivity index (χ0n) is 16.1. The maximum Gasteiger partial charge on any atom is 0.333 e. The Labute approximate surface area is 161 Å². The lowest BCUT2D eigenvalue weighted by Gasteiger charge is -2.23. The van der Waals surface area contributed by atoms with E-state index in [1.54, 1.807) is 13.0 Å². The summed E-state index contributed by atoms with van der Waals surface area (Å²) in [4.78, 5) is 13.5. The van der Waals surface area contributed by atoms with Crippen molar-refractivity contribution < 1.29 is 9.53 Å². The average Bonchev–Trinajstić information content (AvgIpc) is 3.25. The summed E-state index contributed by atoms with van der Waals surface area (Å²) >= 11 is 3.13. The lowest BCUT2D eigenvalue weighted by Crippen LogP contribution is -2.32. The van der Waals surface area contributed by atoms with Crippen molar-refractivity contribution in [3.8, 4) is 0 Å². The molecule has 3 N–H and O–H groups in total. The predicted molar refractivity (Wildman–Crippen MR) is 107 cm³/mol. The minimum Gasteiger partial charge on any atom is -0.466 e. The normalized spacial score (nSPS) is 25.6.